The molecule has 0 saturated heterocycles. The number of hydrogen-bond acceptors (Lipinski definition) is 2. The summed E-state index contributed by atoms with van der Waals surface area (Å²) < 4.78 is 36.4. The highest BCUT2D eigenvalue weighted by Crippen LogP contribution is 2.29. The lowest BCUT2D eigenvalue weighted by molar-refractivity contribution is -0.138. The second kappa shape index (κ2) is 5.18. The van der Waals surface area contributed by atoms with Crippen LogP contribution in [0.2, 0.25) is 0 Å². The van der Waals surface area contributed by atoms with Crippen LogP contribution in [0.25, 0.3) is 0 Å². The van der Waals surface area contributed by atoms with Gasteiger partial charge in [0.1, 0.15) is 6.04 Å². The molecule has 0 amide bonds. The zero-order valence-corrected chi connectivity index (χ0v) is 8.68. The molecule has 0 aliphatic heterocycles. The molecule has 1 aromatic rings. The Morgan fingerprint density at radius 2 is 1.69 bits per heavy atom. The molecule has 0 heterocycles. The summed E-state index contributed by atoms with van der Waals surface area (Å²) in [7, 11) is 0. The Morgan fingerprint density at radius 3 is 2.00 bits per heavy atom. The summed E-state index contributed by atoms with van der Waals surface area (Å²) in [6.07, 6.45) is -4.42. The van der Waals surface area contributed by atoms with Gasteiger partial charge in [0.05, 0.1) is 5.56 Å². The van der Waals surface area contributed by atoms with Gasteiger partial charge in [0.2, 0.25) is 0 Å². The maximum atomic E-state index is 12.1. The van der Waals surface area contributed by atoms with Crippen molar-refractivity contribution in [1.82, 2.24) is 0 Å². The van der Waals surface area contributed by atoms with E-state index in [-0.39, 0.29) is 18.0 Å². The van der Waals surface area contributed by atoms with Crippen molar-refractivity contribution in [2.75, 3.05) is 0 Å². The second-order valence-electron chi connectivity index (χ2n) is 2.94. The molecule has 3 nitrogen and oxygen atoms in total. The van der Waals surface area contributed by atoms with Gasteiger partial charge in [0, 0.05) is 0 Å². The quantitative estimate of drug-likeness (QED) is 0.852. The van der Waals surface area contributed by atoms with Gasteiger partial charge in [-0.2, -0.15) is 13.2 Å². The summed E-state index contributed by atoms with van der Waals surface area (Å²) in [4.78, 5) is 10.4. The van der Waals surface area contributed by atoms with E-state index in [4.69, 9.17) is 10.8 Å². The molecule has 0 spiro atoms. The van der Waals surface area contributed by atoms with Gasteiger partial charge in [0.15, 0.2) is 0 Å². The molecule has 1 atom stereocenters. The van der Waals surface area contributed by atoms with Crippen molar-refractivity contribution in [3.8, 4) is 0 Å². The average molecular weight is 256 g/mol. The fourth-order valence-corrected chi connectivity index (χ4v) is 1.02. The zero-order chi connectivity index (χ0) is 11.6. The molecule has 0 radical (unpaired) electrons. The number of carboxylic acids is 1. The lowest BCUT2D eigenvalue weighted by atomic mass is 10.1. The van der Waals surface area contributed by atoms with Crippen LogP contribution in [0.15, 0.2) is 24.3 Å². The van der Waals surface area contributed by atoms with Crippen molar-refractivity contribution >= 4 is 18.4 Å². The predicted octanol–water partition coefficient (Wildman–Crippen LogP) is 2.21. The highest BCUT2D eigenvalue weighted by molar-refractivity contribution is 5.85. The van der Waals surface area contributed by atoms with Crippen molar-refractivity contribution in [3.63, 3.8) is 0 Å². The molecule has 0 aliphatic rings. The van der Waals surface area contributed by atoms with Crippen LogP contribution in [0.5, 0.6) is 0 Å². The van der Waals surface area contributed by atoms with E-state index >= 15 is 0 Å². The van der Waals surface area contributed by atoms with E-state index in [1.54, 1.807) is 0 Å². The summed E-state index contributed by atoms with van der Waals surface area (Å²) in [5.74, 6) is -1.28. The van der Waals surface area contributed by atoms with Crippen molar-refractivity contribution in [3.05, 3.63) is 35.4 Å². The van der Waals surface area contributed by atoms with E-state index in [9.17, 15) is 18.0 Å². The van der Waals surface area contributed by atoms with Crippen molar-refractivity contribution in [2.24, 2.45) is 5.73 Å². The first kappa shape index (κ1) is 14.7. The molecule has 0 aliphatic carbocycles. The Bertz CT molecular complexity index is 364. The number of nitrogens with two attached hydrogens (primary N) is 1. The van der Waals surface area contributed by atoms with Crippen LogP contribution in [-0.2, 0) is 11.0 Å². The third-order valence-corrected chi connectivity index (χ3v) is 1.86. The smallest absolute Gasteiger partial charge is 0.416 e. The lowest BCUT2D eigenvalue weighted by Crippen LogP contribution is -2.20. The van der Waals surface area contributed by atoms with Gasteiger partial charge in [-0.15, -0.1) is 12.4 Å². The molecule has 1 aromatic carbocycles. The Labute approximate surface area is 95.5 Å². The summed E-state index contributed by atoms with van der Waals surface area (Å²) in [6, 6.07) is 2.42. The van der Waals surface area contributed by atoms with E-state index in [2.05, 4.69) is 0 Å². The Balaban J connectivity index is 0.00000225. The number of alkyl halides is 3. The molecule has 0 fully saturated rings. The van der Waals surface area contributed by atoms with Gasteiger partial charge in [-0.1, -0.05) is 12.1 Å². The summed E-state index contributed by atoms with van der Waals surface area (Å²) >= 11 is 0. The molecule has 0 saturated carbocycles. The van der Waals surface area contributed by atoms with E-state index in [0.29, 0.717) is 0 Å². The fraction of sp³-hybridized carbons (Fsp3) is 0.222. The van der Waals surface area contributed by atoms with E-state index in [1.807, 2.05) is 0 Å². The standard InChI is InChI=1S/C9H8F3NO2.ClH/c10-9(11,12)6-3-1-5(2-4-6)7(13)8(14)15;/h1-4,7H,13H2,(H,14,15);1H/t7-;/m0./s1. The molecule has 90 valence electrons. The molecule has 0 unspecified atom stereocenters. The van der Waals surface area contributed by atoms with Gasteiger partial charge < -0.3 is 10.8 Å². The molecule has 3 N–H and O–H groups in total. The third kappa shape index (κ3) is 3.39. The summed E-state index contributed by atoms with van der Waals surface area (Å²) in [5, 5.41) is 8.52. The molecule has 1 rings (SSSR count). The highest BCUT2D eigenvalue weighted by Gasteiger charge is 2.30. The lowest BCUT2D eigenvalue weighted by Gasteiger charge is -2.09. The van der Waals surface area contributed by atoms with E-state index in [1.165, 1.54) is 0 Å². The SMILES string of the molecule is Cl.N[C@H](C(=O)O)c1ccc(C(F)(F)F)cc1. The van der Waals surface area contributed by atoms with Crippen LogP contribution in [-0.4, -0.2) is 11.1 Å². The first-order valence-corrected chi connectivity index (χ1v) is 3.98. The van der Waals surface area contributed by atoms with Crippen molar-refractivity contribution in [2.45, 2.75) is 12.2 Å². The summed E-state index contributed by atoms with van der Waals surface area (Å²) in [5.41, 5.74) is 4.52. The number of carboxylic acid groups (broad SMARTS) is 1. The normalized spacial score (nSPS) is 12.8. The van der Waals surface area contributed by atoms with Gasteiger partial charge in [0.25, 0.3) is 0 Å². The number of aliphatic carboxylic acids is 1. The first-order chi connectivity index (χ1) is 6.82. The van der Waals surface area contributed by atoms with Crippen LogP contribution in [0, 0.1) is 0 Å². The van der Waals surface area contributed by atoms with Crippen LogP contribution in [0.4, 0.5) is 13.2 Å². The molecular formula is C9H9ClF3NO2. The van der Waals surface area contributed by atoms with E-state index in [0.717, 1.165) is 24.3 Å². The maximum absolute atomic E-state index is 12.1. The molecular weight excluding hydrogens is 247 g/mol. The van der Waals surface area contributed by atoms with Gasteiger partial charge in [-0.3, -0.25) is 4.79 Å². The average Bonchev–Trinajstić information content (AvgIpc) is 2.15. The Kier molecular flexibility index (Phi) is 4.77. The molecule has 7 heteroatoms. The zero-order valence-electron chi connectivity index (χ0n) is 7.86. The number of hydrogen-bond donors (Lipinski definition) is 2. The number of rotatable bonds is 2. The van der Waals surface area contributed by atoms with Gasteiger partial charge >= 0.3 is 12.1 Å². The maximum Gasteiger partial charge on any atom is 0.416 e. The van der Waals surface area contributed by atoms with Crippen LogP contribution < -0.4 is 5.73 Å². The topological polar surface area (TPSA) is 63.3 Å². The van der Waals surface area contributed by atoms with E-state index < -0.39 is 23.8 Å². The third-order valence-electron chi connectivity index (χ3n) is 1.86. The number of benzene rings is 1. The first-order valence-electron chi connectivity index (χ1n) is 3.98. The van der Waals surface area contributed by atoms with Crippen LogP contribution >= 0.6 is 12.4 Å². The van der Waals surface area contributed by atoms with Crippen LogP contribution in [0.1, 0.15) is 17.2 Å². The highest BCUT2D eigenvalue weighted by atomic mass is 35.5. The minimum Gasteiger partial charge on any atom is -0.480 e. The van der Waals surface area contributed by atoms with Gasteiger partial charge in [-0.25, -0.2) is 0 Å². The minimum atomic E-state index is -4.42. The Morgan fingerprint density at radius 1 is 1.25 bits per heavy atom. The monoisotopic (exact) mass is 255 g/mol. The Hall–Kier alpha value is -1.27. The molecule has 16 heavy (non-hydrogen) atoms. The number of halogens is 4. The number of carbonyl (C=O) groups is 1. The summed E-state index contributed by atoms with van der Waals surface area (Å²) in [6.45, 7) is 0. The van der Waals surface area contributed by atoms with Crippen LogP contribution in [0.3, 0.4) is 0 Å². The predicted molar refractivity (Wildman–Crippen MR) is 53.3 cm³/mol. The van der Waals surface area contributed by atoms with Gasteiger partial charge in [-0.05, 0) is 17.7 Å². The second-order valence-corrected chi connectivity index (χ2v) is 2.94. The largest absolute Gasteiger partial charge is 0.480 e. The van der Waals surface area contributed by atoms with Crippen molar-refractivity contribution in [1.29, 1.82) is 0 Å². The molecule has 0 bridgehead atoms. The molecule has 0 aromatic heterocycles. The van der Waals surface area contributed by atoms with Crippen molar-refractivity contribution < 1.29 is 23.1 Å². The fourth-order valence-electron chi connectivity index (χ4n) is 1.02. The minimum absolute atomic E-state index is 0.